The molecular formula is C10H13NO7S2. The summed E-state index contributed by atoms with van der Waals surface area (Å²) in [6, 6.07) is 1.31. The standard InChI is InChI=1S/C10H13NO7S2/c12-10(13)8-3-4-9(18-8)20(16,17)11-7-2-1-5-19(14,15)6-7/h3-4,7,11H,1-2,5-6H2,(H,12,13). The fourth-order valence-corrected chi connectivity index (χ4v) is 4.92. The van der Waals surface area contributed by atoms with E-state index in [1.807, 2.05) is 0 Å². The molecule has 1 aliphatic heterocycles. The lowest BCUT2D eigenvalue weighted by Crippen LogP contribution is -2.43. The highest BCUT2D eigenvalue weighted by molar-refractivity contribution is 7.91. The van der Waals surface area contributed by atoms with Crippen molar-refractivity contribution in [2.45, 2.75) is 24.0 Å². The minimum Gasteiger partial charge on any atom is -0.475 e. The molecule has 0 bridgehead atoms. The minimum absolute atomic E-state index is 0.0507. The summed E-state index contributed by atoms with van der Waals surface area (Å²) in [5.41, 5.74) is 0. The summed E-state index contributed by atoms with van der Waals surface area (Å²) in [6.07, 6.45) is 0.791. The van der Waals surface area contributed by atoms with E-state index in [0.717, 1.165) is 12.1 Å². The van der Waals surface area contributed by atoms with Crippen LogP contribution in [0.4, 0.5) is 0 Å². The third kappa shape index (κ3) is 3.38. The van der Waals surface area contributed by atoms with E-state index in [9.17, 15) is 21.6 Å². The molecule has 10 heteroatoms. The van der Waals surface area contributed by atoms with Gasteiger partial charge in [0.05, 0.1) is 11.5 Å². The molecule has 2 heterocycles. The quantitative estimate of drug-likeness (QED) is 0.786. The van der Waals surface area contributed by atoms with E-state index in [0.29, 0.717) is 12.8 Å². The highest BCUT2D eigenvalue weighted by Crippen LogP contribution is 2.18. The number of rotatable bonds is 4. The van der Waals surface area contributed by atoms with Gasteiger partial charge in [0, 0.05) is 6.04 Å². The Kier molecular flexibility index (Phi) is 3.89. The number of carboxylic acid groups (broad SMARTS) is 1. The van der Waals surface area contributed by atoms with Crippen molar-refractivity contribution in [3.8, 4) is 0 Å². The monoisotopic (exact) mass is 323 g/mol. The zero-order valence-corrected chi connectivity index (χ0v) is 11.9. The topological polar surface area (TPSA) is 131 Å². The maximum atomic E-state index is 12.0. The first-order chi connectivity index (χ1) is 9.20. The highest BCUT2D eigenvalue weighted by Gasteiger charge is 2.30. The molecule has 1 aromatic rings. The predicted molar refractivity (Wildman–Crippen MR) is 67.7 cm³/mol. The zero-order valence-electron chi connectivity index (χ0n) is 10.3. The summed E-state index contributed by atoms with van der Waals surface area (Å²) in [5.74, 6) is -2.10. The summed E-state index contributed by atoms with van der Waals surface area (Å²) in [5, 5.41) is 8.12. The molecule has 0 saturated carbocycles. The van der Waals surface area contributed by atoms with E-state index in [4.69, 9.17) is 9.52 Å². The molecule has 112 valence electrons. The molecule has 0 amide bonds. The van der Waals surface area contributed by atoms with Gasteiger partial charge in [0.25, 0.3) is 10.0 Å². The second-order valence-electron chi connectivity index (χ2n) is 4.50. The number of sulfonamides is 1. The van der Waals surface area contributed by atoms with Crippen LogP contribution < -0.4 is 4.72 Å². The van der Waals surface area contributed by atoms with Crippen LogP contribution in [0.1, 0.15) is 23.4 Å². The summed E-state index contributed by atoms with van der Waals surface area (Å²) in [7, 11) is -7.31. The van der Waals surface area contributed by atoms with Gasteiger partial charge in [-0.3, -0.25) is 0 Å². The number of aromatic carboxylic acids is 1. The molecule has 1 unspecified atom stereocenters. The van der Waals surface area contributed by atoms with Crippen LogP contribution in [0.15, 0.2) is 21.6 Å². The average molecular weight is 323 g/mol. The molecule has 1 fully saturated rings. The SMILES string of the molecule is O=C(O)c1ccc(S(=O)(=O)NC2CCCS(=O)(=O)C2)o1. The van der Waals surface area contributed by atoms with Gasteiger partial charge >= 0.3 is 5.97 Å². The van der Waals surface area contributed by atoms with Gasteiger partial charge in [-0.15, -0.1) is 0 Å². The van der Waals surface area contributed by atoms with Gasteiger partial charge in [0.2, 0.25) is 10.9 Å². The summed E-state index contributed by atoms with van der Waals surface area (Å²) in [4.78, 5) is 10.6. The van der Waals surface area contributed by atoms with E-state index >= 15 is 0 Å². The lowest BCUT2D eigenvalue weighted by molar-refractivity contribution is 0.0656. The van der Waals surface area contributed by atoms with Crippen LogP contribution >= 0.6 is 0 Å². The Hall–Kier alpha value is -1.39. The molecule has 2 rings (SSSR count). The predicted octanol–water partition coefficient (Wildman–Crippen LogP) is -0.167. The maximum Gasteiger partial charge on any atom is 0.371 e. The number of carboxylic acids is 1. The van der Waals surface area contributed by atoms with E-state index in [1.165, 1.54) is 0 Å². The average Bonchev–Trinajstić information content (AvgIpc) is 2.76. The fraction of sp³-hybridized carbons (Fsp3) is 0.500. The fourth-order valence-electron chi connectivity index (χ4n) is 1.97. The van der Waals surface area contributed by atoms with Crippen molar-refractivity contribution in [2.24, 2.45) is 0 Å². The first-order valence-electron chi connectivity index (χ1n) is 5.75. The van der Waals surface area contributed by atoms with Crippen molar-refractivity contribution >= 4 is 25.8 Å². The van der Waals surface area contributed by atoms with Gasteiger partial charge in [-0.05, 0) is 25.0 Å². The molecule has 1 saturated heterocycles. The van der Waals surface area contributed by atoms with Crippen molar-refractivity contribution in [2.75, 3.05) is 11.5 Å². The third-order valence-corrected chi connectivity index (χ3v) is 6.06. The number of nitrogens with one attached hydrogen (secondary N) is 1. The Balaban J connectivity index is 2.16. The first-order valence-corrected chi connectivity index (χ1v) is 9.06. The molecule has 0 aliphatic carbocycles. The van der Waals surface area contributed by atoms with Gasteiger partial charge in [0.15, 0.2) is 9.84 Å². The Labute approximate surface area is 115 Å². The number of hydrogen-bond donors (Lipinski definition) is 2. The molecule has 8 nitrogen and oxygen atoms in total. The molecule has 1 aromatic heterocycles. The van der Waals surface area contributed by atoms with Crippen molar-refractivity contribution in [3.63, 3.8) is 0 Å². The van der Waals surface area contributed by atoms with Gasteiger partial charge in [-0.2, -0.15) is 0 Å². The maximum absolute atomic E-state index is 12.0. The van der Waals surface area contributed by atoms with Gasteiger partial charge in [-0.25, -0.2) is 26.4 Å². The van der Waals surface area contributed by atoms with E-state index < -0.39 is 42.7 Å². The normalized spacial score (nSPS) is 22.5. The smallest absolute Gasteiger partial charge is 0.371 e. The molecule has 0 spiro atoms. The molecule has 2 N–H and O–H groups in total. The number of carbonyl (C=O) groups is 1. The highest BCUT2D eigenvalue weighted by atomic mass is 32.2. The summed E-state index contributed by atoms with van der Waals surface area (Å²) < 4.78 is 53.7. The molecule has 1 atom stereocenters. The third-order valence-electron chi connectivity index (χ3n) is 2.84. The van der Waals surface area contributed by atoms with Crippen LogP contribution in [0.5, 0.6) is 0 Å². The minimum atomic E-state index is -4.07. The van der Waals surface area contributed by atoms with Crippen LogP contribution in [0.25, 0.3) is 0 Å². The van der Waals surface area contributed by atoms with E-state index in [2.05, 4.69) is 4.72 Å². The summed E-state index contributed by atoms with van der Waals surface area (Å²) >= 11 is 0. The largest absolute Gasteiger partial charge is 0.475 e. The van der Waals surface area contributed by atoms with Gasteiger partial charge < -0.3 is 9.52 Å². The van der Waals surface area contributed by atoms with Crippen LogP contribution in [0.2, 0.25) is 0 Å². The summed E-state index contributed by atoms with van der Waals surface area (Å²) in [6.45, 7) is 0. The lowest BCUT2D eigenvalue weighted by atomic mass is 10.2. The Morgan fingerprint density at radius 2 is 2.10 bits per heavy atom. The Morgan fingerprint density at radius 3 is 2.65 bits per heavy atom. The Morgan fingerprint density at radius 1 is 1.40 bits per heavy atom. The molecule has 0 aromatic carbocycles. The van der Waals surface area contributed by atoms with E-state index in [-0.39, 0.29) is 11.5 Å². The number of sulfone groups is 1. The number of hydrogen-bond acceptors (Lipinski definition) is 6. The zero-order chi connectivity index (χ0) is 15.0. The second kappa shape index (κ2) is 5.19. The molecule has 1 aliphatic rings. The molecular weight excluding hydrogens is 310 g/mol. The van der Waals surface area contributed by atoms with Crippen molar-refractivity contribution in [1.29, 1.82) is 0 Å². The van der Waals surface area contributed by atoms with Crippen molar-refractivity contribution < 1.29 is 31.2 Å². The van der Waals surface area contributed by atoms with Crippen molar-refractivity contribution in [1.82, 2.24) is 4.72 Å². The van der Waals surface area contributed by atoms with E-state index in [1.54, 1.807) is 0 Å². The van der Waals surface area contributed by atoms with Crippen LogP contribution in [-0.2, 0) is 19.9 Å². The van der Waals surface area contributed by atoms with Crippen LogP contribution in [0.3, 0.4) is 0 Å². The van der Waals surface area contributed by atoms with Crippen LogP contribution in [0, 0.1) is 0 Å². The number of furan rings is 1. The van der Waals surface area contributed by atoms with Crippen LogP contribution in [-0.4, -0.2) is 45.5 Å². The molecule has 20 heavy (non-hydrogen) atoms. The lowest BCUT2D eigenvalue weighted by Gasteiger charge is -2.22. The Bertz CT molecular complexity index is 717. The first kappa shape index (κ1) is 15.0. The van der Waals surface area contributed by atoms with Gasteiger partial charge in [0.1, 0.15) is 0 Å². The van der Waals surface area contributed by atoms with Crippen molar-refractivity contribution in [3.05, 3.63) is 17.9 Å². The van der Waals surface area contributed by atoms with Gasteiger partial charge in [-0.1, -0.05) is 0 Å². The second-order valence-corrected chi connectivity index (χ2v) is 8.37. The molecule has 0 radical (unpaired) electrons.